The monoisotopic (exact) mass is 412 g/mol. The molecule has 1 amide bonds. The number of aryl methyl sites for hydroxylation is 4. The number of rotatable bonds is 4. The molecule has 6 heteroatoms. The number of aromatic nitrogens is 3. The van der Waals surface area contributed by atoms with Crippen LogP contribution in [0.2, 0.25) is 0 Å². The molecule has 1 N–H and O–H groups in total. The zero-order valence-corrected chi connectivity index (χ0v) is 18.1. The van der Waals surface area contributed by atoms with Gasteiger partial charge >= 0.3 is 0 Å². The fraction of sp³-hybridized carbons (Fsp3) is 0.200. The smallest absolute Gasteiger partial charge is 0.258 e. The number of benzene rings is 1. The molecule has 1 aromatic carbocycles. The first kappa shape index (κ1) is 20.5. The SMILES string of the molecule is CCc1ccc(NC(=O)c2ccc(C)c(-c3cc4cnc(C)cc4n(C)c3=O)c2)cn1. The van der Waals surface area contributed by atoms with Crippen LogP contribution < -0.4 is 10.9 Å². The first-order valence-corrected chi connectivity index (χ1v) is 10.2. The van der Waals surface area contributed by atoms with Crippen LogP contribution in [0.3, 0.4) is 0 Å². The number of hydrogen-bond acceptors (Lipinski definition) is 4. The summed E-state index contributed by atoms with van der Waals surface area (Å²) in [5.74, 6) is -0.248. The maximum absolute atomic E-state index is 13.1. The van der Waals surface area contributed by atoms with Gasteiger partial charge in [-0.15, -0.1) is 0 Å². The Morgan fingerprint density at radius 3 is 2.52 bits per heavy atom. The van der Waals surface area contributed by atoms with Crippen molar-refractivity contribution in [2.45, 2.75) is 27.2 Å². The van der Waals surface area contributed by atoms with E-state index in [9.17, 15) is 9.59 Å². The van der Waals surface area contributed by atoms with Crippen molar-refractivity contribution in [2.24, 2.45) is 7.05 Å². The molecule has 3 heterocycles. The number of amides is 1. The molecule has 0 spiro atoms. The van der Waals surface area contributed by atoms with Crippen LogP contribution >= 0.6 is 0 Å². The highest BCUT2D eigenvalue weighted by Gasteiger charge is 2.15. The average molecular weight is 412 g/mol. The number of carbonyl (C=O) groups is 1. The third-order valence-electron chi connectivity index (χ3n) is 5.48. The van der Waals surface area contributed by atoms with E-state index in [0.29, 0.717) is 16.8 Å². The third kappa shape index (κ3) is 3.97. The molecule has 0 unspecified atom stereocenters. The number of anilines is 1. The first-order chi connectivity index (χ1) is 14.9. The number of nitrogens with zero attached hydrogens (tertiary/aromatic N) is 3. The van der Waals surface area contributed by atoms with E-state index in [4.69, 9.17) is 0 Å². The maximum atomic E-state index is 13.1. The van der Waals surface area contributed by atoms with Gasteiger partial charge in [-0.2, -0.15) is 0 Å². The molecule has 0 aliphatic heterocycles. The Hall–Kier alpha value is -3.80. The number of hydrogen-bond donors (Lipinski definition) is 1. The molecule has 4 rings (SSSR count). The van der Waals surface area contributed by atoms with Gasteiger partial charge in [0.2, 0.25) is 0 Å². The molecular formula is C25H24N4O2. The molecule has 3 aromatic heterocycles. The summed E-state index contributed by atoms with van der Waals surface area (Å²) < 4.78 is 1.63. The van der Waals surface area contributed by atoms with Crippen molar-refractivity contribution in [3.8, 4) is 11.1 Å². The van der Waals surface area contributed by atoms with Crippen LogP contribution in [0, 0.1) is 13.8 Å². The van der Waals surface area contributed by atoms with Crippen LogP contribution in [0.5, 0.6) is 0 Å². The van der Waals surface area contributed by atoms with Crippen molar-refractivity contribution in [1.82, 2.24) is 14.5 Å². The van der Waals surface area contributed by atoms with Crippen molar-refractivity contribution in [3.05, 3.63) is 87.7 Å². The number of nitrogens with one attached hydrogen (secondary N) is 1. The summed E-state index contributed by atoms with van der Waals surface area (Å²) >= 11 is 0. The van der Waals surface area contributed by atoms with Gasteiger partial charge in [0.25, 0.3) is 11.5 Å². The molecule has 4 aromatic rings. The van der Waals surface area contributed by atoms with Gasteiger partial charge in [-0.1, -0.05) is 13.0 Å². The van der Waals surface area contributed by atoms with E-state index in [1.54, 1.807) is 36.1 Å². The molecule has 0 saturated heterocycles. The second-order valence-electron chi connectivity index (χ2n) is 7.68. The Morgan fingerprint density at radius 2 is 1.81 bits per heavy atom. The van der Waals surface area contributed by atoms with Crippen LogP contribution in [-0.4, -0.2) is 20.4 Å². The summed E-state index contributed by atoms with van der Waals surface area (Å²) in [6, 6.07) is 12.9. The van der Waals surface area contributed by atoms with Crippen molar-refractivity contribution < 1.29 is 4.79 Å². The highest BCUT2D eigenvalue weighted by atomic mass is 16.1. The van der Waals surface area contributed by atoms with E-state index in [2.05, 4.69) is 15.3 Å². The largest absolute Gasteiger partial charge is 0.321 e. The maximum Gasteiger partial charge on any atom is 0.258 e. The second-order valence-corrected chi connectivity index (χ2v) is 7.68. The van der Waals surface area contributed by atoms with Crippen molar-refractivity contribution in [1.29, 1.82) is 0 Å². The van der Waals surface area contributed by atoms with E-state index in [0.717, 1.165) is 39.8 Å². The minimum absolute atomic E-state index is 0.113. The van der Waals surface area contributed by atoms with Crippen LogP contribution in [0.1, 0.15) is 34.2 Å². The Kier molecular flexibility index (Phi) is 5.38. The lowest BCUT2D eigenvalue weighted by Crippen LogP contribution is -2.20. The zero-order valence-electron chi connectivity index (χ0n) is 18.1. The molecule has 0 atom stereocenters. The molecular weight excluding hydrogens is 388 g/mol. The minimum atomic E-state index is -0.248. The fourth-order valence-corrected chi connectivity index (χ4v) is 3.62. The molecule has 0 saturated carbocycles. The lowest BCUT2D eigenvalue weighted by molar-refractivity contribution is 0.102. The first-order valence-electron chi connectivity index (χ1n) is 10.2. The highest BCUT2D eigenvalue weighted by molar-refractivity contribution is 6.05. The molecule has 31 heavy (non-hydrogen) atoms. The van der Waals surface area contributed by atoms with Gasteiger partial charge in [0.15, 0.2) is 0 Å². The van der Waals surface area contributed by atoms with Gasteiger partial charge in [-0.3, -0.25) is 19.6 Å². The summed E-state index contributed by atoms with van der Waals surface area (Å²) in [5, 5.41) is 3.75. The Balaban J connectivity index is 1.74. The van der Waals surface area contributed by atoms with Crippen molar-refractivity contribution >= 4 is 22.5 Å². The van der Waals surface area contributed by atoms with Crippen molar-refractivity contribution in [3.63, 3.8) is 0 Å². The quantitative estimate of drug-likeness (QED) is 0.538. The van der Waals surface area contributed by atoms with Gasteiger partial charge in [-0.25, -0.2) is 0 Å². The van der Waals surface area contributed by atoms with Crippen molar-refractivity contribution in [2.75, 3.05) is 5.32 Å². The van der Waals surface area contributed by atoms with Gasteiger partial charge in [-0.05, 0) is 67.8 Å². The zero-order chi connectivity index (χ0) is 22.1. The highest BCUT2D eigenvalue weighted by Crippen LogP contribution is 2.25. The molecule has 0 fully saturated rings. The van der Waals surface area contributed by atoms with E-state index in [1.165, 1.54) is 0 Å². The molecule has 0 bridgehead atoms. The lowest BCUT2D eigenvalue weighted by atomic mass is 9.97. The van der Waals surface area contributed by atoms with Gasteiger partial charge in [0, 0.05) is 41.1 Å². The third-order valence-corrected chi connectivity index (χ3v) is 5.48. The van der Waals surface area contributed by atoms with E-state index < -0.39 is 0 Å². The topological polar surface area (TPSA) is 76.9 Å². The predicted octanol–water partition coefficient (Wildman–Crippen LogP) is 4.43. The van der Waals surface area contributed by atoms with E-state index >= 15 is 0 Å². The van der Waals surface area contributed by atoms with Crippen LogP contribution in [-0.2, 0) is 13.5 Å². The molecule has 0 aliphatic rings. The molecule has 0 aliphatic carbocycles. The van der Waals surface area contributed by atoms with Crippen LogP contribution in [0.25, 0.3) is 22.0 Å². The standard InChI is InChI=1S/C25H24N4O2/c1-5-19-8-9-20(14-27-19)28-24(30)17-7-6-15(2)21(11-17)22-12-18-13-26-16(3)10-23(18)29(4)25(22)31/h6-14H,5H2,1-4H3,(H,28,30). The average Bonchev–Trinajstić information content (AvgIpc) is 2.77. The van der Waals surface area contributed by atoms with Gasteiger partial charge in [0.05, 0.1) is 17.4 Å². The minimum Gasteiger partial charge on any atom is -0.321 e. The second kappa shape index (κ2) is 8.14. The number of carbonyl (C=O) groups excluding carboxylic acids is 1. The summed E-state index contributed by atoms with van der Waals surface area (Å²) in [6.45, 7) is 5.86. The fourth-order valence-electron chi connectivity index (χ4n) is 3.62. The Bertz CT molecular complexity index is 1350. The summed E-state index contributed by atoms with van der Waals surface area (Å²) in [4.78, 5) is 34.6. The normalized spacial score (nSPS) is 11.0. The summed E-state index contributed by atoms with van der Waals surface area (Å²) in [5.41, 5.74) is 5.84. The number of pyridine rings is 3. The summed E-state index contributed by atoms with van der Waals surface area (Å²) in [6.07, 6.45) is 4.26. The van der Waals surface area contributed by atoms with Gasteiger partial charge < -0.3 is 9.88 Å². The molecule has 6 nitrogen and oxygen atoms in total. The van der Waals surface area contributed by atoms with E-state index in [1.807, 2.05) is 51.1 Å². The lowest BCUT2D eigenvalue weighted by Gasteiger charge is -2.13. The van der Waals surface area contributed by atoms with E-state index in [-0.39, 0.29) is 11.5 Å². The van der Waals surface area contributed by atoms with Crippen LogP contribution in [0.15, 0.2) is 59.7 Å². The Labute approximate surface area is 180 Å². The number of fused-ring (bicyclic) bond motifs is 1. The van der Waals surface area contributed by atoms with Gasteiger partial charge in [0.1, 0.15) is 0 Å². The van der Waals surface area contributed by atoms with Crippen LogP contribution in [0.4, 0.5) is 5.69 Å². The molecule has 156 valence electrons. The predicted molar refractivity (Wildman–Crippen MR) is 123 cm³/mol. The Morgan fingerprint density at radius 1 is 1.00 bits per heavy atom. The summed E-state index contributed by atoms with van der Waals surface area (Å²) in [7, 11) is 1.76. The molecule has 0 radical (unpaired) electrons.